The Balaban J connectivity index is 2.28. The van der Waals surface area contributed by atoms with E-state index in [0.29, 0.717) is 6.42 Å². The zero-order chi connectivity index (χ0) is 15.5. The van der Waals surface area contributed by atoms with Gasteiger partial charge >= 0.3 is 5.97 Å². The summed E-state index contributed by atoms with van der Waals surface area (Å²) in [6.45, 7) is 0.281. The molecule has 1 aromatic rings. The Bertz CT molecular complexity index is 587. The molecule has 116 valence electrons. The third kappa shape index (κ3) is 3.42. The van der Waals surface area contributed by atoms with E-state index in [-0.39, 0.29) is 24.8 Å². The van der Waals surface area contributed by atoms with E-state index < -0.39 is 22.0 Å². The van der Waals surface area contributed by atoms with E-state index >= 15 is 0 Å². The van der Waals surface area contributed by atoms with Crippen molar-refractivity contribution >= 4 is 16.0 Å². The molecule has 1 N–H and O–H groups in total. The van der Waals surface area contributed by atoms with E-state index in [1.807, 2.05) is 30.3 Å². The second kappa shape index (κ2) is 6.55. The normalized spacial score (nSPS) is 23.3. The van der Waals surface area contributed by atoms with Gasteiger partial charge in [0.1, 0.15) is 6.04 Å². The summed E-state index contributed by atoms with van der Waals surface area (Å²) < 4.78 is 30.4. The van der Waals surface area contributed by atoms with E-state index in [2.05, 4.69) is 0 Å². The van der Waals surface area contributed by atoms with Crippen molar-refractivity contribution in [1.82, 2.24) is 4.31 Å². The zero-order valence-corrected chi connectivity index (χ0v) is 12.6. The third-order valence-corrected chi connectivity index (χ3v) is 5.54. The van der Waals surface area contributed by atoms with Crippen LogP contribution in [-0.2, 0) is 19.6 Å². The lowest BCUT2D eigenvalue weighted by atomic mass is 9.92. The molecule has 1 heterocycles. The van der Waals surface area contributed by atoms with Crippen LogP contribution in [0.15, 0.2) is 30.3 Å². The molecule has 2 rings (SSSR count). The second-order valence-electron chi connectivity index (χ2n) is 5.01. The van der Waals surface area contributed by atoms with Crippen molar-refractivity contribution in [3.8, 4) is 0 Å². The molecule has 1 aliphatic heterocycles. The van der Waals surface area contributed by atoms with Gasteiger partial charge in [-0.1, -0.05) is 30.3 Å². The molecule has 21 heavy (non-hydrogen) atoms. The smallest absolute Gasteiger partial charge is 0.322 e. The number of ether oxygens (including phenoxy) is 1. The highest BCUT2D eigenvalue weighted by molar-refractivity contribution is 7.89. The molecular formula is C14H19NO5S. The van der Waals surface area contributed by atoms with Gasteiger partial charge < -0.3 is 9.84 Å². The molecule has 0 aliphatic carbocycles. The van der Waals surface area contributed by atoms with Gasteiger partial charge in [0.25, 0.3) is 0 Å². The van der Waals surface area contributed by atoms with Crippen molar-refractivity contribution in [1.29, 1.82) is 0 Å². The van der Waals surface area contributed by atoms with Crippen LogP contribution in [0.2, 0.25) is 0 Å². The summed E-state index contributed by atoms with van der Waals surface area (Å²) in [6, 6.07) is 8.14. The van der Waals surface area contributed by atoms with Crippen LogP contribution in [-0.4, -0.2) is 55.9 Å². The summed E-state index contributed by atoms with van der Waals surface area (Å²) in [7, 11) is -2.21. The fraction of sp³-hybridized carbons (Fsp3) is 0.500. The van der Waals surface area contributed by atoms with Crippen molar-refractivity contribution < 1.29 is 23.1 Å². The van der Waals surface area contributed by atoms with Crippen molar-refractivity contribution in [2.45, 2.75) is 18.4 Å². The Labute approximate surface area is 124 Å². The molecule has 0 radical (unpaired) electrons. The highest BCUT2D eigenvalue weighted by Gasteiger charge is 2.45. The van der Waals surface area contributed by atoms with Crippen LogP contribution in [0.3, 0.4) is 0 Å². The lowest BCUT2D eigenvalue weighted by molar-refractivity contribution is -0.141. The predicted octanol–water partition coefficient (Wildman–Crippen LogP) is 0.905. The Hall–Kier alpha value is -1.44. The highest BCUT2D eigenvalue weighted by Crippen LogP contribution is 2.35. The number of hydrogen-bond acceptors (Lipinski definition) is 4. The van der Waals surface area contributed by atoms with E-state index in [9.17, 15) is 18.3 Å². The van der Waals surface area contributed by atoms with E-state index in [4.69, 9.17) is 4.74 Å². The minimum atomic E-state index is -3.63. The molecule has 0 saturated carbocycles. The molecule has 0 aromatic heterocycles. The van der Waals surface area contributed by atoms with Crippen molar-refractivity contribution in [2.75, 3.05) is 26.0 Å². The molecule has 7 heteroatoms. The lowest BCUT2D eigenvalue weighted by Crippen LogP contribution is -2.44. The average molecular weight is 313 g/mol. The van der Waals surface area contributed by atoms with Crippen LogP contribution in [0.25, 0.3) is 0 Å². The van der Waals surface area contributed by atoms with Crippen LogP contribution < -0.4 is 0 Å². The van der Waals surface area contributed by atoms with Gasteiger partial charge in [0.05, 0.1) is 12.4 Å². The van der Waals surface area contributed by atoms with Gasteiger partial charge in [-0.15, -0.1) is 0 Å². The predicted molar refractivity (Wildman–Crippen MR) is 77.6 cm³/mol. The minimum absolute atomic E-state index is 0.0567. The van der Waals surface area contributed by atoms with Gasteiger partial charge in [-0.2, -0.15) is 4.31 Å². The summed E-state index contributed by atoms with van der Waals surface area (Å²) in [5, 5.41) is 9.47. The number of sulfonamides is 1. The number of carbonyl (C=O) groups is 1. The standard InChI is InChI=1S/C14H19NO5S/c1-20-9-10-21(18,19)15-8-7-12(13(15)14(16)17)11-5-3-2-4-6-11/h2-6,12-13H,7-10H2,1H3,(H,16,17). The molecule has 1 saturated heterocycles. The fourth-order valence-electron chi connectivity index (χ4n) is 2.73. The molecule has 1 aromatic carbocycles. The van der Waals surface area contributed by atoms with Crippen LogP contribution in [0, 0.1) is 0 Å². The van der Waals surface area contributed by atoms with Crippen LogP contribution in [0.1, 0.15) is 17.9 Å². The number of aliphatic carboxylic acids is 1. The fourth-order valence-corrected chi connectivity index (χ4v) is 4.30. The van der Waals surface area contributed by atoms with Gasteiger partial charge in [-0.25, -0.2) is 8.42 Å². The summed E-state index contributed by atoms with van der Waals surface area (Å²) in [6.07, 6.45) is 0.507. The largest absolute Gasteiger partial charge is 0.480 e. The van der Waals surface area contributed by atoms with Gasteiger partial charge in [-0.05, 0) is 12.0 Å². The van der Waals surface area contributed by atoms with Crippen LogP contribution >= 0.6 is 0 Å². The molecular weight excluding hydrogens is 294 g/mol. The number of carboxylic acid groups (broad SMARTS) is 1. The monoisotopic (exact) mass is 313 g/mol. The molecule has 2 atom stereocenters. The molecule has 2 unspecified atom stereocenters. The van der Waals surface area contributed by atoms with Crippen LogP contribution in [0.5, 0.6) is 0 Å². The van der Waals surface area contributed by atoms with E-state index in [1.165, 1.54) is 7.11 Å². The molecule has 0 bridgehead atoms. The average Bonchev–Trinajstić information content (AvgIpc) is 2.92. The topological polar surface area (TPSA) is 83.9 Å². The number of nitrogens with zero attached hydrogens (tertiary/aromatic N) is 1. The summed E-state index contributed by atoms with van der Waals surface area (Å²) in [4.78, 5) is 11.6. The third-order valence-electron chi connectivity index (χ3n) is 3.74. The molecule has 1 aliphatic rings. The maximum Gasteiger partial charge on any atom is 0.322 e. The summed E-state index contributed by atoms with van der Waals surface area (Å²) in [5.41, 5.74) is 0.856. The summed E-state index contributed by atoms with van der Waals surface area (Å²) in [5.74, 6) is -1.63. The van der Waals surface area contributed by atoms with E-state index in [1.54, 1.807) is 0 Å². The Kier molecular flexibility index (Phi) is 4.97. The molecule has 0 spiro atoms. The van der Waals surface area contributed by atoms with Gasteiger partial charge in [0.2, 0.25) is 10.0 Å². The SMILES string of the molecule is COCCS(=O)(=O)N1CCC(c2ccccc2)C1C(=O)O. The van der Waals surface area contributed by atoms with Crippen molar-refractivity contribution in [3.05, 3.63) is 35.9 Å². The van der Waals surface area contributed by atoms with Crippen LogP contribution in [0.4, 0.5) is 0 Å². The summed E-state index contributed by atoms with van der Waals surface area (Å²) >= 11 is 0. The van der Waals surface area contributed by atoms with Gasteiger partial charge in [-0.3, -0.25) is 4.79 Å². The van der Waals surface area contributed by atoms with Crippen molar-refractivity contribution in [2.24, 2.45) is 0 Å². The first-order valence-corrected chi connectivity index (χ1v) is 8.34. The maximum absolute atomic E-state index is 12.3. The number of hydrogen-bond donors (Lipinski definition) is 1. The van der Waals surface area contributed by atoms with Gasteiger partial charge in [0, 0.05) is 19.6 Å². The lowest BCUT2D eigenvalue weighted by Gasteiger charge is -2.24. The van der Waals surface area contributed by atoms with E-state index in [0.717, 1.165) is 9.87 Å². The Morgan fingerprint density at radius 3 is 2.62 bits per heavy atom. The number of benzene rings is 1. The number of carboxylic acids is 1. The van der Waals surface area contributed by atoms with Gasteiger partial charge in [0.15, 0.2) is 0 Å². The Morgan fingerprint density at radius 1 is 1.38 bits per heavy atom. The quantitative estimate of drug-likeness (QED) is 0.844. The minimum Gasteiger partial charge on any atom is -0.480 e. The molecule has 1 fully saturated rings. The number of methoxy groups -OCH3 is 1. The second-order valence-corrected chi connectivity index (χ2v) is 7.05. The number of rotatable bonds is 6. The highest BCUT2D eigenvalue weighted by atomic mass is 32.2. The molecule has 0 amide bonds. The first kappa shape index (κ1) is 15.9. The maximum atomic E-state index is 12.3. The Morgan fingerprint density at radius 2 is 2.05 bits per heavy atom. The first-order valence-electron chi connectivity index (χ1n) is 6.73. The zero-order valence-electron chi connectivity index (χ0n) is 11.8. The molecule has 6 nitrogen and oxygen atoms in total. The first-order chi connectivity index (χ1) is 9.97. The van der Waals surface area contributed by atoms with Crippen molar-refractivity contribution in [3.63, 3.8) is 0 Å².